The minimum atomic E-state index is -0.359. The Kier molecular flexibility index (Phi) is 5.21. The van der Waals surface area contributed by atoms with Gasteiger partial charge in [0.1, 0.15) is 5.75 Å². The smallest absolute Gasteiger partial charge is 0.230 e. The molecule has 126 valence electrons. The van der Waals surface area contributed by atoms with Crippen LogP contribution in [-0.2, 0) is 10.2 Å². The summed E-state index contributed by atoms with van der Waals surface area (Å²) in [6.45, 7) is 3.00. The van der Waals surface area contributed by atoms with Gasteiger partial charge in [0.25, 0.3) is 0 Å². The van der Waals surface area contributed by atoms with Crippen molar-refractivity contribution in [3.63, 3.8) is 0 Å². The Bertz CT molecular complexity index is 532. The molecule has 1 aliphatic heterocycles. The third-order valence-corrected chi connectivity index (χ3v) is 5.51. The van der Waals surface area contributed by atoms with Crippen LogP contribution in [0.3, 0.4) is 0 Å². The van der Waals surface area contributed by atoms with Gasteiger partial charge in [-0.3, -0.25) is 4.79 Å². The second kappa shape index (κ2) is 7.35. The van der Waals surface area contributed by atoms with Gasteiger partial charge in [0.2, 0.25) is 5.91 Å². The standard InChI is InChI=1S/C19H28N2O2/c1-23-17-6-4-5-16(13-17)19(9-2-3-10-19)18(22)21-12-8-15-7-11-20-14-15/h4-6,13,15,20H,2-3,7-12,14H2,1H3,(H,21,22). The molecule has 2 N–H and O–H groups in total. The first-order valence-corrected chi connectivity index (χ1v) is 8.88. The average Bonchev–Trinajstić information content (AvgIpc) is 3.27. The van der Waals surface area contributed by atoms with Gasteiger partial charge in [-0.15, -0.1) is 0 Å². The number of nitrogens with one attached hydrogen (secondary N) is 2. The number of benzene rings is 1. The van der Waals surface area contributed by atoms with Crippen LogP contribution in [0.5, 0.6) is 5.75 Å². The van der Waals surface area contributed by atoms with E-state index >= 15 is 0 Å². The summed E-state index contributed by atoms with van der Waals surface area (Å²) in [7, 11) is 1.68. The number of rotatable bonds is 6. The SMILES string of the molecule is COc1cccc(C2(C(=O)NCCC3CCNC3)CCCC2)c1. The van der Waals surface area contributed by atoms with Crippen LogP contribution in [-0.4, -0.2) is 32.7 Å². The molecule has 2 aliphatic rings. The van der Waals surface area contributed by atoms with Crippen LogP contribution in [0.15, 0.2) is 24.3 Å². The fourth-order valence-electron chi connectivity index (χ4n) is 4.07. The molecule has 1 heterocycles. The van der Waals surface area contributed by atoms with Crippen LogP contribution in [0.25, 0.3) is 0 Å². The first-order chi connectivity index (χ1) is 11.2. The lowest BCUT2D eigenvalue weighted by molar-refractivity contribution is -0.126. The molecule has 4 heteroatoms. The van der Waals surface area contributed by atoms with E-state index < -0.39 is 0 Å². The molecule has 0 aromatic heterocycles. The highest BCUT2D eigenvalue weighted by molar-refractivity contribution is 5.88. The average molecular weight is 316 g/mol. The first kappa shape index (κ1) is 16.3. The minimum Gasteiger partial charge on any atom is -0.497 e. The van der Waals surface area contributed by atoms with Crippen molar-refractivity contribution in [2.24, 2.45) is 5.92 Å². The van der Waals surface area contributed by atoms with Gasteiger partial charge in [0.05, 0.1) is 12.5 Å². The van der Waals surface area contributed by atoms with Gasteiger partial charge in [0.15, 0.2) is 0 Å². The topological polar surface area (TPSA) is 50.4 Å². The van der Waals surface area contributed by atoms with Crippen LogP contribution in [0.1, 0.15) is 44.1 Å². The van der Waals surface area contributed by atoms with E-state index in [0.717, 1.165) is 63.1 Å². The molecule has 2 fully saturated rings. The van der Waals surface area contributed by atoms with E-state index in [-0.39, 0.29) is 11.3 Å². The molecule has 1 amide bonds. The van der Waals surface area contributed by atoms with Crippen LogP contribution < -0.4 is 15.4 Å². The summed E-state index contributed by atoms with van der Waals surface area (Å²) in [5, 5.41) is 6.61. The molecule has 23 heavy (non-hydrogen) atoms. The van der Waals surface area contributed by atoms with Crippen molar-refractivity contribution < 1.29 is 9.53 Å². The molecule has 1 unspecified atom stereocenters. The second-order valence-electron chi connectivity index (χ2n) is 6.92. The molecule has 1 atom stereocenters. The van der Waals surface area contributed by atoms with Crippen molar-refractivity contribution in [2.45, 2.75) is 43.9 Å². The fourth-order valence-corrected chi connectivity index (χ4v) is 4.07. The molecular weight excluding hydrogens is 288 g/mol. The molecule has 1 aliphatic carbocycles. The Morgan fingerprint density at radius 2 is 2.22 bits per heavy atom. The van der Waals surface area contributed by atoms with Gasteiger partial charge in [-0.25, -0.2) is 0 Å². The zero-order valence-electron chi connectivity index (χ0n) is 14.1. The summed E-state index contributed by atoms with van der Waals surface area (Å²) in [4.78, 5) is 13.0. The maximum atomic E-state index is 13.0. The van der Waals surface area contributed by atoms with Gasteiger partial charge in [0, 0.05) is 6.54 Å². The Hall–Kier alpha value is -1.55. The van der Waals surface area contributed by atoms with E-state index in [0.29, 0.717) is 5.92 Å². The van der Waals surface area contributed by atoms with Crippen LogP contribution in [0.4, 0.5) is 0 Å². The maximum Gasteiger partial charge on any atom is 0.230 e. The minimum absolute atomic E-state index is 0.203. The second-order valence-corrected chi connectivity index (χ2v) is 6.92. The highest BCUT2D eigenvalue weighted by Gasteiger charge is 2.42. The molecule has 0 radical (unpaired) electrons. The van der Waals surface area contributed by atoms with E-state index in [1.807, 2.05) is 18.2 Å². The number of ether oxygens (including phenoxy) is 1. The lowest BCUT2D eigenvalue weighted by Crippen LogP contribution is -2.43. The molecule has 1 saturated heterocycles. The van der Waals surface area contributed by atoms with Crippen molar-refractivity contribution in [3.8, 4) is 5.75 Å². The van der Waals surface area contributed by atoms with Gasteiger partial charge in [-0.05, 0) is 62.4 Å². The van der Waals surface area contributed by atoms with Gasteiger partial charge in [-0.2, -0.15) is 0 Å². The van der Waals surface area contributed by atoms with E-state index in [4.69, 9.17) is 4.74 Å². The lowest BCUT2D eigenvalue weighted by atomic mass is 9.78. The van der Waals surface area contributed by atoms with Crippen molar-refractivity contribution >= 4 is 5.91 Å². The summed E-state index contributed by atoms with van der Waals surface area (Å²) in [6, 6.07) is 8.04. The largest absolute Gasteiger partial charge is 0.497 e. The number of methoxy groups -OCH3 is 1. The summed E-state index contributed by atoms with van der Waals surface area (Å²) in [5.74, 6) is 1.75. The van der Waals surface area contributed by atoms with E-state index in [1.54, 1.807) is 7.11 Å². The molecule has 0 bridgehead atoms. The van der Waals surface area contributed by atoms with E-state index in [9.17, 15) is 4.79 Å². The van der Waals surface area contributed by atoms with Crippen LogP contribution in [0.2, 0.25) is 0 Å². The molecule has 1 aromatic carbocycles. The molecular formula is C19H28N2O2. The van der Waals surface area contributed by atoms with Crippen molar-refractivity contribution in [1.82, 2.24) is 10.6 Å². The van der Waals surface area contributed by atoms with Crippen LogP contribution in [0, 0.1) is 5.92 Å². The summed E-state index contributed by atoms with van der Waals surface area (Å²) >= 11 is 0. The summed E-state index contributed by atoms with van der Waals surface area (Å²) in [6.07, 6.45) is 6.44. The normalized spacial score (nSPS) is 22.9. The molecule has 3 rings (SSSR count). The summed E-state index contributed by atoms with van der Waals surface area (Å²) < 4.78 is 5.35. The Labute approximate surface area is 139 Å². The number of carbonyl (C=O) groups excluding carboxylic acids is 1. The fraction of sp³-hybridized carbons (Fsp3) is 0.632. The first-order valence-electron chi connectivity index (χ1n) is 8.88. The number of hydrogen-bond acceptors (Lipinski definition) is 3. The maximum absolute atomic E-state index is 13.0. The monoisotopic (exact) mass is 316 g/mol. The zero-order valence-corrected chi connectivity index (χ0v) is 14.1. The highest BCUT2D eigenvalue weighted by atomic mass is 16.5. The lowest BCUT2D eigenvalue weighted by Gasteiger charge is -2.29. The summed E-state index contributed by atoms with van der Waals surface area (Å²) in [5.41, 5.74) is 0.747. The predicted octanol–water partition coefficient (Wildman–Crippen LogP) is 2.62. The Balaban J connectivity index is 1.67. The van der Waals surface area contributed by atoms with E-state index in [1.165, 1.54) is 6.42 Å². The van der Waals surface area contributed by atoms with Crippen LogP contribution >= 0.6 is 0 Å². The highest BCUT2D eigenvalue weighted by Crippen LogP contribution is 2.42. The Morgan fingerprint density at radius 1 is 1.39 bits per heavy atom. The number of amides is 1. The van der Waals surface area contributed by atoms with Gasteiger partial charge in [-0.1, -0.05) is 25.0 Å². The number of carbonyl (C=O) groups is 1. The Morgan fingerprint density at radius 3 is 2.91 bits per heavy atom. The molecule has 1 aromatic rings. The van der Waals surface area contributed by atoms with Crippen molar-refractivity contribution in [2.75, 3.05) is 26.7 Å². The zero-order chi connectivity index (χ0) is 16.1. The quantitative estimate of drug-likeness (QED) is 0.848. The molecule has 4 nitrogen and oxygen atoms in total. The molecule has 1 saturated carbocycles. The number of hydrogen-bond donors (Lipinski definition) is 2. The van der Waals surface area contributed by atoms with Gasteiger partial charge >= 0.3 is 0 Å². The van der Waals surface area contributed by atoms with E-state index in [2.05, 4.69) is 16.7 Å². The predicted molar refractivity (Wildman–Crippen MR) is 91.7 cm³/mol. The van der Waals surface area contributed by atoms with Crippen molar-refractivity contribution in [3.05, 3.63) is 29.8 Å². The van der Waals surface area contributed by atoms with Gasteiger partial charge < -0.3 is 15.4 Å². The van der Waals surface area contributed by atoms with Crippen molar-refractivity contribution in [1.29, 1.82) is 0 Å². The third kappa shape index (κ3) is 3.52. The third-order valence-electron chi connectivity index (χ3n) is 5.51. The molecule has 0 spiro atoms.